The summed E-state index contributed by atoms with van der Waals surface area (Å²) in [6.07, 6.45) is 0.901. The molecule has 5 rings (SSSR count). The number of carboxylic acid groups (broad SMARTS) is 1. The molecule has 3 unspecified atom stereocenters. The van der Waals surface area contributed by atoms with Crippen LogP contribution in [0.2, 0.25) is 0 Å². The van der Waals surface area contributed by atoms with E-state index >= 15 is 0 Å². The van der Waals surface area contributed by atoms with Crippen LogP contribution >= 0.6 is 0 Å². The number of likely N-dealkylation sites (tertiary alicyclic amines) is 1. The van der Waals surface area contributed by atoms with Gasteiger partial charge in [0.25, 0.3) is 0 Å². The molecule has 1 aliphatic heterocycles. The van der Waals surface area contributed by atoms with Gasteiger partial charge in [0.2, 0.25) is 5.91 Å². The van der Waals surface area contributed by atoms with Gasteiger partial charge in [-0.25, -0.2) is 9.59 Å². The van der Waals surface area contributed by atoms with Crippen molar-refractivity contribution in [2.45, 2.75) is 49.8 Å². The number of carbonyl (C=O) groups excluding carboxylic acids is 2. The van der Waals surface area contributed by atoms with E-state index in [1.165, 1.54) is 4.90 Å². The lowest BCUT2D eigenvalue weighted by molar-refractivity contribution is -0.149. The Morgan fingerprint density at radius 1 is 1.03 bits per heavy atom. The second kappa shape index (κ2) is 9.10. The van der Waals surface area contributed by atoms with Gasteiger partial charge < -0.3 is 25.2 Å². The maximum atomic E-state index is 13.2. The number of nitrogens with one attached hydrogen (secondary N) is 1. The third-order valence-corrected chi connectivity index (χ3v) is 7.35. The number of carbonyl (C=O) groups is 3. The number of fused-ring (bicyclic) bond motifs is 3. The van der Waals surface area contributed by atoms with Crippen molar-refractivity contribution in [3.63, 3.8) is 0 Å². The molecule has 2 aromatic carbocycles. The third kappa shape index (κ3) is 4.03. The van der Waals surface area contributed by atoms with E-state index in [0.717, 1.165) is 41.5 Å². The number of amides is 2. The summed E-state index contributed by atoms with van der Waals surface area (Å²) in [5.74, 6) is -1.79. The van der Waals surface area contributed by atoms with Gasteiger partial charge in [0.1, 0.15) is 18.7 Å². The molecule has 8 nitrogen and oxygen atoms in total. The van der Waals surface area contributed by atoms with Gasteiger partial charge in [0, 0.05) is 18.9 Å². The summed E-state index contributed by atoms with van der Waals surface area (Å²) >= 11 is 0. The molecule has 1 saturated carbocycles. The topological polar surface area (TPSA) is 116 Å². The van der Waals surface area contributed by atoms with Gasteiger partial charge in [-0.15, -0.1) is 0 Å². The quantitative estimate of drug-likeness (QED) is 0.605. The second-order valence-electron chi connectivity index (χ2n) is 9.37. The Hall–Kier alpha value is -3.39. The number of β-amino-alcohol motifs (C(OH)–C–C–N with tert-alkyl or cyclic N) is 1. The van der Waals surface area contributed by atoms with Crippen LogP contribution in [0.4, 0.5) is 4.79 Å². The van der Waals surface area contributed by atoms with Crippen LogP contribution in [0.5, 0.6) is 0 Å². The van der Waals surface area contributed by atoms with Crippen LogP contribution in [0.1, 0.15) is 42.7 Å². The van der Waals surface area contributed by atoms with Crippen molar-refractivity contribution in [2.75, 3.05) is 13.2 Å². The molecule has 2 aliphatic carbocycles. The summed E-state index contributed by atoms with van der Waals surface area (Å²) in [4.78, 5) is 38.8. The van der Waals surface area contributed by atoms with Crippen molar-refractivity contribution in [2.24, 2.45) is 5.92 Å². The summed E-state index contributed by atoms with van der Waals surface area (Å²) < 4.78 is 5.61. The number of aliphatic hydroxyl groups excluding tert-OH is 1. The first-order valence-electron chi connectivity index (χ1n) is 11.8. The normalized spacial score (nSPS) is 22.4. The minimum absolute atomic E-state index is 0.0105. The van der Waals surface area contributed by atoms with Crippen molar-refractivity contribution in [3.05, 3.63) is 59.7 Å². The highest BCUT2D eigenvalue weighted by Gasteiger charge is 2.44. The number of benzene rings is 2. The smallest absolute Gasteiger partial charge is 0.407 e. The molecule has 1 saturated heterocycles. The Labute approximate surface area is 197 Å². The predicted molar refractivity (Wildman–Crippen MR) is 123 cm³/mol. The molecular weight excluding hydrogens is 436 g/mol. The molecule has 34 heavy (non-hydrogen) atoms. The zero-order valence-corrected chi connectivity index (χ0v) is 18.7. The lowest BCUT2D eigenvalue weighted by Crippen LogP contribution is -2.56. The van der Waals surface area contributed by atoms with Crippen molar-refractivity contribution >= 4 is 18.0 Å². The van der Waals surface area contributed by atoms with Gasteiger partial charge in [-0.1, -0.05) is 55.0 Å². The van der Waals surface area contributed by atoms with Crippen LogP contribution in [0.15, 0.2) is 48.5 Å². The van der Waals surface area contributed by atoms with Gasteiger partial charge in [-0.05, 0) is 41.0 Å². The number of nitrogens with zero attached hydrogens (tertiary/aromatic N) is 1. The number of rotatable bonds is 6. The molecule has 8 heteroatoms. The zero-order chi connectivity index (χ0) is 23.8. The first kappa shape index (κ1) is 22.4. The Bertz CT molecular complexity index is 1070. The first-order valence-corrected chi connectivity index (χ1v) is 11.8. The number of hydrogen-bond donors (Lipinski definition) is 3. The minimum atomic E-state index is -1.15. The van der Waals surface area contributed by atoms with Crippen LogP contribution in [-0.4, -0.2) is 64.4 Å². The SMILES string of the molecule is O=C(NC(C(=O)N1CC(O)CC1C(=O)O)C1CCC1)OCC1c2ccccc2-c2ccccc21. The Morgan fingerprint density at radius 3 is 2.21 bits per heavy atom. The molecule has 0 radical (unpaired) electrons. The highest BCUT2D eigenvalue weighted by Crippen LogP contribution is 2.44. The van der Waals surface area contributed by atoms with Crippen molar-refractivity contribution in [1.29, 1.82) is 0 Å². The maximum absolute atomic E-state index is 13.2. The fourth-order valence-electron chi connectivity index (χ4n) is 5.39. The molecule has 3 atom stereocenters. The van der Waals surface area contributed by atoms with Gasteiger partial charge in [-0.2, -0.15) is 0 Å². The number of hydrogen-bond acceptors (Lipinski definition) is 5. The van der Waals surface area contributed by atoms with E-state index in [1.807, 2.05) is 36.4 Å². The number of carboxylic acids is 1. The highest BCUT2D eigenvalue weighted by molar-refractivity contribution is 5.90. The van der Waals surface area contributed by atoms with E-state index < -0.39 is 36.2 Å². The monoisotopic (exact) mass is 464 g/mol. The van der Waals surface area contributed by atoms with E-state index in [4.69, 9.17) is 4.74 Å². The largest absolute Gasteiger partial charge is 0.480 e. The molecule has 0 spiro atoms. The van der Waals surface area contributed by atoms with Crippen molar-refractivity contribution in [3.8, 4) is 11.1 Å². The number of ether oxygens (including phenoxy) is 1. The maximum Gasteiger partial charge on any atom is 0.407 e. The van der Waals surface area contributed by atoms with E-state index in [9.17, 15) is 24.6 Å². The second-order valence-corrected chi connectivity index (χ2v) is 9.37. The summed E-state index contributed by atoms with van der Waals surface area (Å²) in [6.45, 7) is 0.0804. The fourth-order valence-corrected chi connectivity index (χ4v) is 5.39. The van der Waals surface area contributed by atoms with Gasteiger partial charge in [0.15, 0.2) is 0 Å². The molecule has 3 aliphatic rings. The van der Waals surface area contributed by atoms with Crippen LogP contribution in [0.25, 0.3) is 11.1 Å². The summed E-state index contributed by atoms with van der Waals surface area (Å²) in [5.41, 5.74) is 4.45. The Balaban J connectivity index is 1.28. The van der Waals surface area contributed by atoms with Crippen LogP contribution in [0.3, 0.4) is 0 Å². The number of aliphatic carboxylic acids is 1. The standard InChI is InChI=1S/C26H28N2O6/c29-16-12-22(25(31)32)28(13-16)24(30)23(15-6-5-7-15)27-26(33)34-14-21-19-10-3-1-8-17(19)18-9-2-4-11-20(18)21/h1-4,8-11,15-16,21-23,29H,5-7,12-14H2,(H,27,33)(H,31,32). The highest BCUT2D eigenvalue weighted by atomic mass is 16.5. The lowest BCUT2D eigenvalue weighted by Gasteiger charge is -2.36. The molecule has 3 N–H and O–H groups in total. The molecule has 0 aromatic heterocycles. The summed E-state index contributed by atoms with van der Waals surface area (Å²) in [5, 5.41) is 22.1. The molecule has 2 aromatic rings. The van der Waals surface area contributed by atoms with Crippen LogP contribution in [0, 0.1) is 5.92 Å². The molecule has 178 valence electrons. The van der Waals surface area contributed by atoms with E-state index in [1.54, 1.807) is 0 Å². The fraction of sp³-hybridized carbons (Fsp3) is 0.423. The van der Waals surface area contributed by atoms with E-state index in [-0.39, 0.29) is 31.4 Å². The zero-order valence-electron chi connectivity index (χ0n) is 18.7. The molecule has 1 heterocycles. The number of alkyl carbamates (subject to hydrolysis) is 1. The van der Waals surface area contributed by atoms with Crippen LogP contribution < -0.4 is 5.32 Å². The average Bonchev–Trinajstić information content (AvgIpc) is 3.34. The van der Waals surface area contributed by atoms with Gasteiger partial charge in [0.05, 0.1) is 6.10 Å². The molecular formula is C26H28N2O6. The molecule has 2 amide bonds. The lowest BCUT2D eigenvalue weighted by atomic mass is 9.79. The van der Waals surface area contributed by atoms with Crippen LogP contribution in [-0.2, 0) is 14.3 Å². The first-order chi connectivity index (χ1) is 16.4. The summed E-state index contributed by atoms with van der Waals surface area (Å²) in [7, 11) is 0. The van der Waals surface area contributed by atoms with E-state index in [0.29, 0.717) is 0 Å². The Kier molecular flexibility index (Phi) is 6.00. The third-order valence-electron chi connectivity index (χ3n) is 7.35. The average molecular weight is 465 g/mol. The van der Waals surface area contributed by atoms with Crippen molar-refractivity contribution in [1.82, 2.24) is 10.2 Å². The Morgan fingerprint density at radius 2 is 1.65 bits per heavy atom. The van der Waals surface area contributed by atoms with Gasteiger partial charge in [-0.3, -0.25) is 4.79 Å². The van der Waals surface area contributed by atoms with Gasteiger partial charge >= 0.3 is 12.1 Å². The molecule has 0 bridgehead atoms. The molecule has 2 fully saturated rings. The number of aliphatic hydroxyl groups is 1. The summed E-state index contributed by atoms with van der Waals surface area (Å²) in [6, 6.07) is 14.1. The van der Waals surface area contributed by atoms with Crippen molar-refractivity contribution < 1.29 is 29.3 Å². The predicted octanol–water partition coefficient (Wildman–Crippen LogP) is 2.74. The van der Waals surface area contributed by atoms with E-state index in [2.05, 4.69) is 17.4 Å². The minimum Gasteiger partial charge on any atom is -0.480 e.